The number of thioether (sulfide) groups is 1. The molecule has 1 aliphatic heterocycles. The van der Waals surface area contributed by atoms with E-state index >= 15 is 0 Å². The Kier molecular flexibility index (Phi) is 4.72. The van der Waals surface area contributed by atoms with Crippen LogP contribution in [-0.2, 0) is 10.3 Å². The summed E-state index contributed by atoms with van der Waals surface area (Å²) in [5, 5.41) is 12.3. The lowest BCUT2D eigenvalue weighted by Gasteiger charge is -2.26. The van der Waals surface area contributed by atoms with Gasteiger partial charge in [-0.2, -0.15) is 0 Å². The maximum atomic E-state index is 12.9. The number of aromatic nitrogens is 2. The number of rotatable bonds is 6. The number of amides is 2. The van der Waals surface area contributed by atoms with Crippen LogP contribution in [0.25, 0.3) is 5.52 Å². The van der Waals surface area contributed by atoms with Crippen molar-refractivity contribution in [2.75, 3.05) is 18.8 Å². The number of imidazole rings is 1. The molecule has 2 saturated carbocycles. The second-order valence-corrected chi connectivity index (χ2v) is 10.5. The number of carboxylic acid groups (broad SMARTS) is 1. The van der Waals surface area contributed by atoms with Gasteiger partial charge in [-0.05, 0) is 56.6 Å². The highest BCUT2D eigenvalue weighted by Crippen LogP contribution is 2.52. The van der Waals surface area contributed by atoms with Gasteiger partial charge in [-0.25, -0.2) is 9.78 Å². The molecule has 7 nitrogen and oxygen atoms in total. The highest BCUT2D eigenvalue weighted by molar-refractivity contribution is 7.99. The average molecular weight is 429 g/mol. The number of carbonyl (C=O) groups is 2. The molecule has 2 amide bonds. The third-order valence-electron chi connectivity index (χ3n) is 6.99. The maximum absolute atomic E-state index is 12.9. The van der Waals surface area contributed by atoms with E-state index in [2.05, 4.69) is 20.8 Å². The number of fused-ring (bicyclic) bond motifs is 2. The first kappa shape index (κ1) is 19.7. The summed E-state index contributed by atoms with van der Waals surface area (Å²) in [6, 6.07) is 4.19. The number of nitrogens with zero attached hydrogens (tertiary/aromatic N) is 3. The number of hydrogen-bond donors (Lipinski definition) is 2. The Labute approximate surface area is 180 Å². The van der Waals surface area contributed by atoms with Gasteiger partial charge in [0, 0.05) is 35.9 Å². The number of piperidine rings is 1. The minimum Gasteiger partial charge on any atom is -0.465 e. The van der Waals surface area contributed by atoms with Crippen molar-refractivity contribution >= 4 is 29.3 Å². The van der Waals surface area contributed by atoms with Crippen molar-refractivity contribution in [2.45, 2.75) is 43.5 Å². The van der Waals surface area contributed by atoms with Crippen LogP contribution >= 0.6 is 11.8 Å². The topological polar surface area (TPSA) is 86.9 Å². The molecule has 0 spiro atoms. The summed E-state index contributed by atoms with van der Waals surface area (Å²) < 4.78 is 2.09. The molecule has 3 fully saturated rings. The Balaban J connectivity index is 1.28. The molecule has 2 aliphatic carbocycles. The van der Waals surface area contributed by atoms with Crippen LogP contribution < -0.4 is 5.32 Å². The maximum Gasteiger partial charge on any atom is 0.407 e. The highest BCUT2D eigenvalue weighted by Gasteiger charge is 2.60. The van der Waals surface area contributed by atoms with Crippen LogP contribution in [0, 0.1) is 23.7 Å². The Morgan fingerprint density at radius 1 is 1.30 bits per heavy atom. The summed E-state index contributed by atoms with van der Waals surface area (Å²) in [5.41, 5.74) is 0.462. The molecule has 1 saturated heterocycles. The van der Waals surface area contributed by atoms with E-state index in [4.69, 9.17) is 5.11 Å². The third-order valence-corrected chi connectivity index (χ3v) is 8.29. The predicted molar refractivity (Wildman–Crippen MR) is 114 cm³/mol. The minimum absolute atomic E-state index is 0.00676. The zero-order valence-corrected chi connectivity index (χ0v) is 18.2. The van der Waals surface area contributed by atoms with Crippen LogP contribution in [-0.4, -0.2) is 50.2 Å². The van der Waals surface area contributed by atoms with Gasteiger partial charge < -0.3 is 19.7 Å². The van der Waals surface area contributed by atoms with Crippen molar-refractivity contribution in [1.82, 2.24) is 19.6 Å². The van der Waals surface area contributed by atoms with E-state index in [9.17, 15) is 9.59 Å². The standard InChI is InChI=1S/C22H28N4O3S/c1-22(2,24-19(27)18-14-10-25(21(28)29)11-15(14)18)20-23-9-16-17(7-4-8-26(16)20)30-12-13-5-3-6-13/h4,7-9,13-15,18H,3,5-6,10-12H2,1-2H3,(H,24,27)(H,28,29)/t14-,15+,18-. The van der Waals surface area contributed by atoms with E-state index < -0.39 is 11.6 Å². The van der Waals surface area contributed by atoms with Crippen molar-refractivity contribution in [3.05, 3.63) is 30.4 Å². The molecule has 3 heterocycles. The molecule has 160 valence electrons. The minimum atomic E-state index is -0.892. The molecule has 3 atom stereocenters. The van der Waals surface area contributed by atoms with Crippen molar-refractivity contribution in [3.63, 3.8) is 0 Å². The van der Waals surface area contributed by atoms with E-state index in [-0.39, 0.29) is 23.7 Å². The van der Waals surface area contributed by atoms with E-state index in [0.29, 0.717) is 13.1 Å². The SMILES string of the molecule is CC(C)(NC(=O)[C@@H]1[C@@H]2CN(C(=O)O)C[C@@H]21)c1ncc2c(SCC3CCC3)cccn12. The lowest BCUT2D eigenvalue weighted by molar-refractivity contribution is -0.125. The van der Waals surface area contributed by atoms with Gasteiger partial charge in [0.15, 0.2) is 0 Å². The second kappa shape index (κ2) is 7.18. The lowest BCUT2D eigenvalue weighted by Crippen LogP contribution is -2.44. The molecule has 2 aromatic heterocycles. The molecule has 0 aromatic carbocycles. The molecule has 2 N–H and O–H groups in total. The normalized spacial score (nSPS) is 25.8. The summed E-state index contributed by atoms with van der Waals surface area (Å²) in [6.07, 6.45) is 7.06. The Bertz CT molecular complexity index is 987. The smallest absolute Gasteiger partial charge is 0.407 e. The van der Waals surface area contributed by atoms with E-state index in [0.717, 1.165) is 23.0 Å². The van der Waals surface area contributed by atoms with E-state index in [1.807, 2.05) is 44.1 Å². The fourth-order valence-corrected chi connectivity index (χ4v) is 6.19. The number of pyridine rings is 1. The molecule has 5 rings (SSSR count). The third kappa shape index (κ3) is 3.35. The number of hydrogen-bond acceptors (Lipinski definition) is 4. The molecule has 8 heteroatoms. The molecule has 0 radical (unpaired) electrons. The van der Waals surface area contributed by atoms with Crippen molar-refractivity contribution in [2.24, 2.45) is 23.7 Å². The Morgan fingerprint density at radius 2 is 2.03 bits per heavy atom. The summed E-state index contributed by atoms with van der Waals surface area (Å²) in [6.45, 7) is 4.89. The van der Waals surface area contributed by atoms with Crippen LogP contribution in [0.5, 0.6) is 0 Å². The van der Waals surface area contributed by atoms with Gasteiger partial charge in [-0.15, -0.1) is 11.8 Å². The zero-order chi connectivity index (χ0) is 21.0. The molecular weight excluding hydrogens is 400 g/mol. The quantitative estimate of drug-likeness (QED) is 0.689. The van der Waals surface area contributed by atoms with Crippen LogP contribution in [0.15, 0.2) is 29.4 Å². The zero-order valence-electron chi connectivity index (χ0n) is 17.4. The van der Waals surface area contributed by atoms with Crippen LogP contribution in [0.2, 0.25) is 0 Å². The Morgan fingerprint density at radius 3 is 2.67 bits per heavy atom. The second-order valence-electron chi connectivity index (χ2n) is 9.47. The first-order chi connectivity index (χ1) is 14.3. The number of likely N-dealkylation sites (tertiary alicyclic amines) is 1. The van der Waals surface area contributed by atoms with Gasteiger partial charge >= 0.3 is 6.09 Å². The van der Waals surface area contributed by atoms with E-state index in [1.54, 1.807) is 0 Å². The monoisotopic (exact) mass is 428 g/mol. The molecule has 2 aromatic rings. The summed E-state index contributed by atoms with van der Waals surface area (Å²) >= 11 is 1.90. The first-order valence-electron chi connectivity index (χ1n) is 10.7. The molecular formula is C22H28N4O3S. The molecule has 0 unspecified atom stereocenters. The average Bonchev–Trinajstić information content (AvgIpc) is 3.01. The van der Waals surface area contributed by atoms with Gasteiger partial charge in [0.2, 0.25) is 5.91 Å². The number of carbonyl (C=O) groups excluding carboxylic acids is 1. The predicted octanol–water partition coefficient (Wildman–Crippen LogP) is 3.43. The molecule has 30 heavy (non-hydrogen) atoms. The van der Waals surface area contributed by atoms with Crippen molar-refractivity contribution in [3.8, 4) is 0 Å². The van der Waals surface area contributed by atoms with Crippen LogP contribution in [0.4, 0.5) is 4.79 Å². The molecule has 0 bridgehead atoms. The fourth-order valence-electron chi connectivity index (χ4n) is 4.97. The van der Waals surface area contributed by atoms with Gasteiger partial charge in [0.1, 0.15) is 5.82 Å². The Hall–Kier alpha value is -2.22. The van der Waals surface area contributed by atoms with Gasteiger partial charge in [-0.1, -0.05) is 6.42 Å². The molecule has 3 aliphatic rings. The lowest BCUT2D eigenvalue weighted by atomic mass is 9.87. The highest BCUT2D eigenvalue weighted by atomic mass is 32.2. The fraction of sp³-hybridized carbons (Fsp3) is 0.591. The van der Waals surface area contributed by atoms with Crippen molar-refractivity contribution in [1.29, 1.82) is 0 Å². The van der Waals surface area contributed by atoms with E-state index in [1.165, 1.54) is 29.1 Å². The first-order valence-corrected chi connectivity index (χ1v) is 11.7. The van der Waals surface area contributed by atoms with Gasteiger partial charge in [0.25, 0.3) is 0 Å². The van der Waals surface area contributed by atoms with Gasteiger partial charge in [-0.3, -0.25) is 4.79 Å². The van der Waals surface area contributed by atoms with Crippen LogP contribution in [0.1, 0.15) is 38.9 Å². The van der Waals surface area contributed by atoms with Crippen molar-refractivity contribution < 1.29 is 14.7 Å². The van der Waals surface area contributed by atoms with Gasteiger partial charge in [0.05, 0.1) is 17.3 Å². The summed E-state index contributed by atoms with van der Waals surface area (Å²) in [4.78, 5) is 31.3. The largest absolute Gasteiger partial charge is 0.465 e. The van der Waals surface area contributed by atoms with Crippen LogP contribution in [0.3, 0.4) is 0 Å². The summed E-state index contributed by atoms with van der Waals surface area (Å²) in [5.74, 6) is 3.04. The summed E-state index contributed by atoms with van der Waals surface area (Å²) in [7, 11) is 0. The number of nitrogens with one attached hydrogen (secondary N) is 1.